The molecule has 0 amide bonds. The summed E-state index contributed by atoms with van der Waals surface area (Å²) in [5, 5.41) is 12.7. The molecule has 4 heteroatoms. The minimum absolute atomic E-state index is 0.00544. The average molecular weight is 279 g/mol. The first-order valence-electron chi connectivity index (χ1n) is 7.28. The van der Waals surface area contributed by atoms with Crippen LogP contribution in [0.1, 0.15) is 32.3 Å². The van der Waals surface area contributed by atoms with Crippen LogP contribution in [0.2, 0.25) is 0 Å². The molecule has 0 heterocycles. The number of carbonyl (C=O) groups is 1. The van der Waals surface area contributed by atoms with Gasteiger partial charge in [-0.1, -0.05) is 43.7 Å². The second-order valence-corrected chi connectivity index (χ2v) is 4.83. The molecule has 0 aromatic heterocycles. The third kappa shape index (κ3) is 5.72. The SMILES string of the molecule is CCCC(NC(CO)Cc1ccccc1)C(=O)OCC. The normalized spacial score (nSPS) is 13.8. The van der Waals surface area contributed by atoms with E-state index in [1.807, 2.05) is 37.3 Å². The fourth-order valence-electron chi connectivity index (χ4n) is 2.16. The Hall–Kier alpha value is -1.39. The first-order valence-corrected chi connectivity index (χ1v) is 7.28. The number of carbonyl (C=O) groups excluding carboxylic acids is 1. The van der Waals surface area contributed by atoms with Crippen LogP contribution in [0, 0.1) is 0 Å². The second-order valence-electron chi connectivity index (χ2n) is 4.83. The van der Waals surface area contributed by atoms with Crippen molar-refractivity contribution in [2.24, 2.45) is 0 Å². The number of nitrogens with one attached hydrogen (secondary N) is 1. The lowest BCUT2D eigenvalue weighted by Crippen LogP contribution is -2.46. The topological polar surface area (TPSA) is 58.6 Å². The summed E-state index contributed by atoms with van der Waals surface area (Å²) in [5.41, 5.74) is 1.14. The lowest BCUT2D eigenvalue weighted by atomic mass is 10.0. The molecule has 0 aliphatic heterocycles. The molecule has 1 aromatic rings. The van der Waals surface area contributed by atoms with Crippen molar-refractivity contribution in [3.63, 3.8) is 0 Å². The van der Waals surface area contributed by atoms with Crippen LogP contribution < -0.4 is 5.32 Å². The molecule has 0 fully saturated rings. The molecule has 2 unspecified atom stereocenters. The highest BCUT2D eigenvalue weighted by atomic mass is 16.5. The molecule has 0 saturated carbocycles. The zero-order chi connectivity index (χ0) is 14.8. The van der Waals surface area contributed by atoms with Gasteiger partial charge < -0.3 is 9.84 Å². The zero-order valence-electron chi connectivity index (χ0n) is 12.3. The Balaban J connectivity index is 2.61. The standard InChI is InChI=1S/C16H25NO3/c1-3-8-15(16(19)20-4-2)17-14(12-18)11-13-9-6-5-7-10-13/h5-7,9-10,14-15,17-18H,3-4,8,11-12H2,1-2H3. The molecule has 1 rings (SSSR count). The van der Waals surface area contributed by atoms with Crippen LogP contribution in [0.25, 0.3) is 0 Å². The van der Waals surface area contributed by atoms with Crippen LogP contribution in [0.3, 0.4) is 0 Å². The monoisotopic (exact) mass is 279 g/mol. The highest BCUT2D eigenvalue weighted by Crippen LogP contribution is 2.07. The summed E-state index contributed by atoms with van der Waals surface area (Å²) in [6.07, 6.45) is 2.29. The number of ether oxygens (including phenoxy) is 1. The maximum atomic E-state index is 11.9. The van der Waals surface area contributed by atoms with Crippen LogP contribution in [-0.4, -0.2) is 36.4 Å². The van der Waals surface area contributed by atoms with Crippen LogP contribution in [0.5, 0.6) is 0 Å². The lowest BCUT2D eigenvalue weighted by Gasteiger charge is -2.23. The Labute approximate surface area is 121 Å². The number of benzene rings is 1. The van der Waals surface area contributed by atoms with Crippen molar-refractivity contribution >= 4 is 5.97 Å². The van der Waals surface area contributed by atoms with Crippen molar-refractivity contribution < 1.29 is 14.6 Å². The van der Waals surface area contributed by atoms with Crippen molar-refractivity contribution in [2.45, 2.75) is 45.2 Å². The van der Waals surface area contributed by atoms with E-state index in [2.05, 4.69) is 5.32 Å². The van der Waals surface area contributed by atoms with E-state index in [4.69, 9.17) is 4.74 Å². The summed E-state index contributed by atoms with van der Waals surface area (Å²) < 4.78 is 5.07. The van der Waals surface area contributed by atoms with Crippen LogP contribution in [-0.2, 0) is 16.0 Å². The quantitative estimate of drug-likeness (QED) is 0.678. The maximum Gasteiger partial charge on any atom is 0.323 e. The number of aliphatic hydroxyl groups excluding tert-OH is 1. The van der Waals surface area contributed by atoms with Crippen molar-refractivity contribution in [1.29, 1.82) is 0 Å². The molecule has 4 nitrogen and oxygen atoms in total. The van der Waals surface area contributed by atoms with E-state index in [1.54, 1.807) is 6.92 Å². The lowest BCUT2D eigenvalue weighted by molar-refractivity contribution is -0.146. The predicted octanol–water partition coefficient (Wildman–Crippen LogP) is 1.91. The van der Waals surface area contributed by atoms with Gasteiger partial charge in [0, 0.05) is 6.04 Å². The fourth-order valence-corrected chi connectivity index (χ4v) is 2.16. The minimum Gasteiger partial charge on any atom is -0.465 e. The van der Waals surface area contributed by atoms with E-state index in [0.717, 1.165) is 12.0 Å². The van der Waals surface area contributed by atoms with Gasteiger partial charge in [0.15, 0.2) is 0 Å². The van der Waals surface area contributed by atoms with Crippen molar-refractivity contribution in [2.75, 3.05) is 13.2 Å². The Bertz CT molecular complexity index is 381. The van der Waals surface area contributed by atoms with Gasteiger partial charge >= 0.3 is 5.97 Å². The Morgan fingerprint density at radius 2 is 2.00 bits per heavy atom. The maximum absolute atomic E-state index is 11.9. The van der Waals surface area contributed by atoms with E-state index >= 15 is 0 Å². The molecule has 0 aliphatic rings. The summed E-state index contributed by atoms with van der Waals surface area (Å²) in [4.78, 5) is 11.9. The summed E-state index contributed by atoms with van der Waals surface area (Å²) in [7, 11) is 0. The number of hydrogen-bond donors (Lipinski definition) is 2. The van der Waals surface area contributed by atoms with E-state index in [1.165, 1.54) is 0 Å². The van der Waals surface area contributed by atoms with Crippen LogP contribution in [0.15, 0.2) is 30.3 Å². The van der Waals surface area contributed by atoms with Gasteiger partial charge in [-0.3, -0.25) is 10.1 Å². The van der Waals surface area contributed by atoms with Gasteiger partial charge in [-0.15, -0.1) is 0 Å². The molecule has 2 atom stereocenters. The van der Waals surface area contributed by atoms with E-state index in [9.17, 15) is 9.90 Å². The molecule has 1 aromatic carbocycles. The Kier molecular flexibility index (Phi) is 7.92. The summed E-state index contributed by atoms with van der Waals surface area (Å²) >= 11 is 0. The average Bonchev–Trinajstić information content (AvgIpc) is 2.47. The first kappa shape index (κ1) is 16.7. The number of rotatable bonds is 9. The van der Waals surface area contributed by atoms with Crippen molar-refractivity contribution in [3.8, 4) is 0 Å². The van der Waals surface area contributed by atoms with E-state index < -0.39 is 0 Å². The van der Waals surface area contributed by atoms with E-state index in [0.29, 0.717) is 19.4 Å². The smallest absolute Gasteiger partial charge is 0.323 e. The summed E-state index contributed by atoms with van der Waals surface area (Å²) in [6.45, 7) is 4.20. The third-order valence-electron chi connectivity index (χ3n) is 3.13. The van der Waals surface area contributed by atoms with Gasteiger partial charge in [0.25, 0.3) is 0 Å². The van der Waals surface area contributed by atoms with Gasteiger partial charge in [-0.05, 0) is 25.3 Å². The summed E-state index contributed by atoms with van der Waals surface area (Å²) in [6, 6.07) is 9.45. The Morgan fingerprint density at radius 1 is 1.30 bits per heavy atom. The molecule has 0 radical (unpaired) electrons. The highest BCUT2D eigenvalue weighted by Gasteiger charge is 2.22. The molecular formula is C16H25NO3. The second kappa shape index (κ2) is 9.50. The fraction of sp³-hybridized carbons (Fsp3) is 0.562. The highest BCUT2D eigenvalue weighted by molar-refractivity contribution is 5.75. The van der Waals surface area contributed by atoms with Gasteiger partial charge in [-0.25, -0.2) is 0 Å². The van der Waals surface area contributed by atoms with Crippen molar-refractivity contribution in [3.05, 3.63) is 35.9 Å². The molecule has 112 valence electrons. The molecule has 20 heavy (non-hydrogen) atoms. The molecule has 0 spiro atoms. The van der Waals surface area contributed by atoms with Gasteiger partial charge in [0.05, 0.1) is 13.2 Å². The predicted molar refractivity (Wildman–Crippen MR) is 79.5 cm³/mol. The largest absolute Gasteiger partial charge is 0.465 e. The van der Waals surface area contributed by atoms with Crippen LogP contribution in [0.4, 0.5) is 0 Å². The first-order chi connectivity index (χ1) is 9.71. The number of aliphatic hydroxyl groups is 1. The third-order valence-corrected chi connectivity index (χ3v) is 3.13. The molecule has 0 bridgehead atoms. The van der Waals surface area contributed by atoms with E-state index in [-0.39, 0.29) is 24.7 Å². The molecule has 0 saturated heterocycles. The molecular weight excluding hydrogens is 254 g/mol. The number of hydrogen-bond acceptors (Lipinski definition) is 4. The molecule has 2 N–H and O–H groups in total. The molecule has 0 aliphatic carbocycles. The van der Waals surface area contributed by atoms with Crippen molar-refractivity contribution in [1.82, 2.24) is 5.32 Å². The van der Waals surface area contributed by atoms with Gasteiger partial charge in [0.1, 0.15) is 6.04 Å². The van der Waals surface area contributed by atoms with Gasteiger partial charge in [0.2, 0.25) is 0 Å². The van der Waals surface area contributed by atoms with Gasteiger partial charge in [-0.2, -0.15) is 0 Å². The van der Waals surface area contributed by atoms with Crippen LogP contribution >= 0.6 is 0 Å². The minimum atomic E-state index is -0.346. The Morgan fingerprint density at radius 3 is 2.55 bits per heavy atom. The zero-order valence-corrected chi connectivity index (χ0v) is 12.3. The summed E-state index contributed by atoms with van der Waals surface area (Å²) in [5.74, 6) is -0.235. The number of esters is 1.